The van der Waals surface area contributed by atoms with E-state index in [1.807, 2.05) is 48.5 Å². The number of hydrazone groups is 1. The Morgan fingerprint density at radius 1 is 0.872 bits per heavy atom. The first-order valence-electron chi connectivity index (χ1n) is 12.6. The summed E-state index contributed by atoms with van der Waals surface area (Å²) < 4.78 is 21.3. The van der Waals surface area contributed by atoms with Crippen molar-refractivity contribution >= 4 is 17.5 Å². The van der Waals surface area contributed by atoms with Gasteiger partial charge in [0.05, 0.1) is 39.7 Å². The van der Waals surface area contributed by atoms with Gasteiger partial charge in [-0.15, -0.1) is 0 Å². The molecule has 39 heavy (non-hydrogen) atoms. The van der Waals surface area contributed by atoms with E-state index in [9.17, 15) is 9.59 Å². The molecule has 9 nitrogen and oxygen atoms in total. The second-order valence-electron chi connectivity index (χ2n) is 8.92. The van der Waals surface area contributed by atoms with Crippen molar-refractivity contribution in [2.45, 2.75) is 12.5 Å². The second kappa shape index (κ2) is 12.9. The van der Waals surface area contributed by atoms with Gasteiger partial charge in [-0.3, -0.25) is 9.59 Å². The minimum absolute atomic E-state index is 0.167. The Morgan fingerprint density at radius 2 is 1.51 bits per heavy atom. The van der Waals surface area contributed by atoms with Gasteiger partial charge in [-0.05, 0) is 60.2 Å². The topological polar surface area (TPSA) is 89.9 Å². The highest BCUT2D eigenvalue weighted by molar-refractivity contribution is 6.04. The lowest BCUT2D eigenvalue weighted by Crippen LogP contribution is -2.42. The summed E-state index contributed by atoms with van der Waals surface area (Å²) in [6.45, 7) is 0.361. The highest BCUT2D eigenvalue weighted by Gasteiger charge is 2.36. The molecule has 1 aliphatic rings. The van der Waals surface area contributed by atoms with Crippen molar-refractivity contribution in [1.82, 2.24) is 9.91 Å². The van der Waals surface area contributed by atoms with E-state index < -0.39 is 6.04 Å². The second-order valence-corrected chi connectivity index (χ2v) is 8.92. The molecule has 1 heterocycles. The number of carbonyl (C=O) groups is 2. The number of amides is 2. The van der Waals surface area contributed by atoms with Gasteiger partial charge in [-0.2, -0.15) is 5.10 Å². The van der Waals surface area contributed by atoms with Crippen molar-refractivity contribution in [3.05, 3.63) is 89.5 Å². The fourth-order valence-electron chi connectivity index (χ4n) is 4.49. The van der Waals surface area contributed by atoms with Crippen molar-refractivity contribution in [3.8, 4) is 17.2 Å². The number of rotatable bonds is 11. The van der Waals surface area contributed by atoms with Crippen LogP contribution in [0.1, 0.15) is 33.9 Å². The molecule has 9 heteroatoms. The van der Waals surface area contributed by atoms with Crippen LogP contribution in [0.3, 0.4) is 0 Å². The predicted molar refractivity (Wildman–Crippen MR) is 148 cm³/mol. The first kappa shape index (κ1) is 27.7. The molecule has 3 aromatic carbocycles. The fourth-order valence-corrected chi connectivity index (χ4v) is 4.49. The quantitative estimate of drug-likeness (QED) is 0.369. The zero-order valence-corrected chi connectivity index (χ0v) is 22.6. The lowest BCUT2D eigenvalue weighted by Gasteiger charge is -2.27. The number of hydrogen-bond acceptors (Lipinski definition) is 7. The van der Waals surface area contributed by atoms with Crippen molar-refractivity contribution in [1.29, 1.82) is 0 Å². The molecule has 204 valence electrons. The van der Waals surface area contributed by atoms with Gasteiger partial charge in [0.2, 0.25) is 0 Å². The van der Waals surface area contributed by atoms with Crippen molar-refractivity contribution in [2.24, 2.45) is 5.10 Å². The van der Waals surface area contributed by atoms with Gasteiger partial charge in [0.25, 0.3) is 11.8 Å². The zero-order valence-electron chi connectivity index (χ0n) is 22.6. The predicted octanol–water partition coefficient (Wildman–Crippen LogP) is 4.18. The van der Waals surface area contributed by atoms with Crippen LogP contribution in [-0.4, -0.2) is 75.6 Å². The van der Waals surface area contributed by atoms with Crippen LogP contribution in [0.4, 0.5) is 0 Å². The highest BCUT2D eigenvalue weighted by atomic mass is 16.5. The lowest BCUT2D eigenvalue weighted by atomic mass is 9.97. The minimum atomic E-state index is -0.397. The molecule has 1 unspecified atom stereocenters. The summed E-state index contributed by atoms with van der Waals surface area (Å²) in [6, 6.07) is 21.5. The van der Waals surface area contributed by atoms with E-state index >= 15 is 0 Å². The summed E-state index contributed by atoms with van der Waals surface area (Å²) in [7, 11) is 6.34. The van der Waals surface area contributed by atoms with Crippen LogP contribution in [0.5, 0.6) is 17.2 Å². The van der Waals surface area contributed by atoms with Crippen molar-refractivity contribution in [3.63, 3.8) is 0 Å². The molecular weight excluding hydrogens is 498 g/mol. The molecule has 0 radical (unpaired) electrons. The number of hydrogen-bond donors (Lipinski definition) is 0. The first-order chi connectivity index (χ1) is 19.0. The summed E-state index contributed by atoms with van der Waals surface area (Å²) in [5, 5.41) is 6.22. The number of ether oxygens (including phenoxy) is 4. The third-order valence-corrected chi connectivity index (χ3v) is 6.60. The van der Waals surface area contributed by atoms with E-state index in [4.69, 9.17) is 24.0 Å². The molecule has 1 atom stereocenters. The van der Waals surface area contributed by atoms with Crippen LogP contribution in [0, 0.1) is 0 Å². The zero-order chi connectivity index (χ0) is 27.8. The third-order valence-electron chi connectivity index (χ3n) is 6.60. The average molecular weight is 532 g/mol. The normalized spacial score (nSPS) is 14.5. The Hall–Kier alpha value is -4.37. The highest BCUT2D eigenvalue weighted by Crippen LogP contribution is 2.37. The monoisotopic (exact) mass is 531 g/mol. The molecule has 0 saturated heterocycles. The van der Waals surface area contributed by atoms with Gasteiger partial charge < -0.3 is 23.8 Å². The van der Waals surface area contributed by atoms with E-state index in [2.05, 4.69) is 0 Å². The van der Waals surface area contributed by atoms with Crippen LogP contribution in [-0.2, 0) is 9.53 Å². The van der Waals surface area contributed by atoms with E-state index in [-0.39, 0.29) is 31.5 Å². The van der Waals surface area contributed by atoms with E-state index in [0.717, 1.165) is 22.6 Å². The summed E-state index contributed by atoms with van der Waals surface area (Å²) >= 11 is 0. The molecule has 0 fully saturated rings. The Balaban J connectivity index is 1.64. The van der Waals surface area contributed by atoms with Crippen LogP contribution in [0.25, 0.3) is 0 Å². The molecule has 0 N–H and O–H groups in total. The van der Waals surface area contributed by atoms with Crippen molar-refractivity contribution < 1.29 is 28.5 Å². The minimum Gasteiger partial charge on any atom is -0.497 e. The largest absolute Gasteiger partial charge is 0.497 e. The SMILES string of the molecule is COCCN(CC(=O)N1N=C(c2ccc(OC)cc2)CC1c1ccccc1OC)C(=O)c1ccc(OC)cc1. The molecule has 0 aromatic heterocycles. The first-order valence-corrected chi connectivity index (χ1v) is 12.6. The summed E-state index contributed by atoms with van der Waals surface area (Å²) in [6.07, 6.45) is 0.489. The van der Waals surface area contributed by atoms with Gasteiger partial charge >= 0.3 is 0 Å². The Kier molecular flexibility index (Phi) is 9.17. The molecular formula is C30H33N3O6. The molecule has 0 saturated carbocycles. The molecule has 4 rings (SSSR count). The number of benzene rings is 3. The van der Waals surface area contributed by atoms with Crippen LogP contribution in [0.15, 0.2) is 77.9 Å². The van der Waals surface area contributed by atoms with Crippen LogP contribution in [0.2, 0.25) is 0 Å². The maximum absolute atomic E-state index is 13.8. The summed E-state index contributed by atoms with van der Waals surface area (Å²) in [4.78, 5) is 28.7. The number of carbonyl (C=O) groups excluding carboxylic acids is 2. The molecule has 0 spiro atoms. The smallest absolute Gasteiger partial charge is 0.262 e. The molecule has 1 aliphatic heterocycles. The number of para-hydroxylation sites is 1. The molecule has 0 aliphatic carbocycles. The van der Waals surface area contributed by atoms with Gasteiger partial charge in [-0.25, -0.2) is 5.01 Å². The Morgan fingerprint density at radius 3 is 2.13 bits per heavy atom. The third kappa shape index (κ3) is 6.38. The van der Waals surface area contributed by atoms with E-state index in [1.165, 1.54) is 9.91 Å². The van der Waals surface area contributed by atoms with E-state index in [1.54, 1.807) is 52.7 Å². The van der Waals surface area contributed by atoms with Crippen LogP contribution >= 0.6 is 0 Å². The standard InChI is InChI=1S/C30H33N3O6/c1-36-18-17-32(30(35)22-11-15-24(38-3)16-12-22)20-29(34)33-27(25-7-5-6-8-28(25)39-4)19-26(31-33)21-9-13-23(37-2)14-10-21/h5-16,27H,17-20H2,1-4H3. The van der Waals surface area contributed by atoms with E-state index in [0.29, 0.717) is 23.5 Å². The maximum Gasteiger partial charge on any atom is 0.262 e. The Labute approximate surface area is 228 Å². The number of methoxy groups -OCH3 is 4. The molecule has 0 bridgehead atoms. The van der Waals surface area contributed by atoms with Crippen molar-refractivity contribution in [2.75, 3.05) is 48.1 Å². The fraction of sp³-hybridized carbons (Fsp3) is 0.300. The Bertz CT molecular complexity index is 1310. The lowest BCUT2D eigenvalue weighted by molar-refractivity contribution is -0.133. The van der Waals surface area contributed by atoms with Crippen LogP contribution < -0.4 is 14.2 Å². The van der Waals surface area contributed by atoms with Gasteiger partial charge in [0, 0.05) is 31.2 Å². The van der Waals surface area contributed by atoms with Gasteiger partial charge in [-0.1, -0.05) is 18.2 Å². The van der Waals surface area contributed by atoms with Gasteiger partial charge in [0.1, 0.15) is 23.8 Å². The summed E-state index contributed by atoms with van der Waals surface area (Å²) in [5.41, 5.74) is 2.93. The maximum atomic E-state index is 13.8. The number of nitrogens with zero attached hydrogens (tertiary/aromatic N) is 3. The molecule has 3 aromatic rings. The molecule has 2 amide bonds. The summed E-state index contributed by atoms with van der Waals surface area (Å²) in [5.74, 6) is 1.44. The average Bonchev–Trinajstić information content (AvgIpc) is 3.44. The van der Waals surface area contributed by atoms with Gasteiger partial charge in [0.15, 0.2) is 0 Å².